The highest BCUT2D eigenvalue weighted by Crippen LogP contribution is 2.28. The number of H-pyrrole nitrogens is 1. The zero-order chi connectivity index (χ0) is 22.4. The van der Waals surface area contributed by atoms with E-state index in [9.17, 15) is 4.79 Å². The molecule has 0 aliphatic carbocycles. The number of carbonyl (C=O) groups excluding carboxylic acids is 1. The minimum absolute atomic E-state index is 0.0153. The number of benzene rings is 2. The molecule has 0 unspecified atom stereocenters. The predicted octanol–water partition coefficient (Wildman–Crippen LogP) is 2.20. The zero-order valence-corrected chi connectivity index (χ0v) is 17.6. The Hall–Kier alpha value is -4.36. The first-order chi connectivity index (χ1) is 16.2. The number of likely N-dealkylation sites (tertiary alicyclic amines) is 1. The quantitative estimate of drug-likeness (QED) is 0.498. The summed E-state index contributed by atoms with van der Waals surface area (Å²) in [6.07, 6.45) is 1.86. The first kappa shape index (κ1) is 19.3. The van der Waals surface area contributed by atoms with E-state index < -0.39 is 0 Å². The highest BCUT2D eigenvalue weighted by atomic mass is 16.2. The first-order valence-corrected chi connectivity index (χ1v) is 10.6. The van der Waals surface area contributed by atoms with Crippen molar-refractivity contribution in [1.82, 2.24) is 35.2 Å². The minimum Gasteiger partial charge on any atom is -0.335 e. The topological polar surface area (TPSA) is 127 Å². The van der Waals surface area contributed by atoms with Crippen molar-refractivity contribution >= 4 is 28.6 Å². The van der Waals surface area contributed by atoms with Crippen LogP contribution in [0.15, 0.2) is 48.7 Å². The van der Waals surface area contributed by atoms with E-state index in [0.29, 0.717) is 41.7 Å². The molecule has 0 bridgehead atoms. The third-order valence-corrected chi connectivity index (χ3v) is 6.19. The molecular weight excluding hydrogens is 418 g/mol. The van der Waals surface area contributed by atoms with Gasteiger partial charge in [-0.2, -0.15) is 5.26 Å². The molecule has 0 saturated carbocycles. The fraction of sp³-hybridized carbons (Fsp3) is 0.217. The molecule has 2 aromatic heterocycles. The zero-order valence-electron chi connectivity index (χ0n) is 17.6. The van der Waals surface area contributed by atoms with Crippen molar-refractivity contribution in [2.45, 2.75) is 19.1 Å². The van der Waals surface area contributed by atoms with Gasteiger partial charge in [0.05, 0.1) is 22.8 Å². The van der Waals surface area contributed by atoms with Gasteiger partial charge in [-0.25, -0.2) is 9.97 Å². The molecule has 10 heteroatoms. The number of fused-ring (bicyclic) bond motifs is 2. The molecule has 2 aliphatic rings. The number of nitrogens with one attached hydrogen (secondary N) is 2. The van der Waals surface area contributed by atoms with Crippen LogP contribution in [0.25, 0.3) is 11.0 Å². The molecule has 33 heavy (non-hydrogen) atoms. The molecule has 1 amide bonds. The lowest BCUT2D eigenvalue weighted by molar-refractivity contribution is 0.0249. The number of rotatable bonds is 4. The SMILES string of the molecule is N#Cc1ccc(Nc2ncc3c(n2)CN(C2CN(C(=O)c4ccc5[nH]nnc5c4)C2)C3)cc1. The first-order valence-electron chi connectivity index (χ1n) is 10.6. The summed E-state index contributed by atoms with van der Waals surface area (Å²) in [4.78, 5) is 26.2. The second kappa shape index (κ2) is 7.65. The van der Waals surface area contributed by atoms with E-state index in [1.807, 2.05) is 35.4 Å². The lowest BCUT2D eigenvalue weighted by atomic mass is 10.0. The third-order valence-electron chi connectivity index (χ3n) is 6.19. The van der Waals surface area contributed by atoms with Crippen LogP contribution in [0, 0.1) is 11.3 Å². The molecule has 6 rings (SSSR count). The van der Waals surface area contributed by atoms with Crippen molar-refractivity contribution < 1.29 is 4.79 Å². The van der Waals surface area contributed by atoms with Gasteiger partial charge in [-0.05, 0) is 42.5 Å². The molecule has 2 aliphatic heterocycles. The Bertz CT molecular complexity index is 1400. The van der Waals surface area contributed by atoms with Gasteiger partial charge in [-0.15, -0.1) is 5.10 Å². The van der Waals surface area contributed by atoms with Crippen LogP contribution in [0.2, 0.25) is 0 Å². The van der Waals surface area contributed by atoms with E-state index in [-0.39, 0.29) is 5.91 Å². The Morgan fingerprint density at radius 3 is 2.82 bits per heavy atom. The molecule has 1 fully saturated rings. The van der Waals surface area contributed by atoms with Gasteiger partial charge < -0.3 is 10.2 Å². The molecule has 1 saturated heterocycles. The third kappa shape index (κ3) is 3.54. The number of nitriles is 1. The molecule has 10 nitrogen and oxygen atoms in total. The van der Waals surface area contributed by atoms with Crippen LogP contribution in [0.4, 0.5) is 11.6 Å². The van der Waals surface area contributed by atoms with E-state index in [1.54, 1.807) is 18.2 Å². The highest BCUT2D eigenvalue weighted by molar-refractivity contribution is 5.97. The van der Waals surface area contributed by atoms with E-state index in [2.05, 4.69) is 41.7 Å². The Morgan fingerprint density at radius 1 is 1.15 bits per heavy atom. The van der Waals surface area contributed by atoms with Gasteiger partial charge in [0.2, 0.25) is 5.95 Å². The second-order valence-corrected chi connectivity index (χ2v) is 8.29. The normalized spacial score (nSPS) is 15.8. The van der Waals surface area contributed by atoms with Crippen molar-refractivity contribution in [2.75, 3.05) is 18.4 Å². The van der Waals surface area contributed by atoms with Crippen LogP contribution in [-0.4, -0.2) is 60.2 Å². The van der Waals surface area contributed by atoms with E-state index in [0.717, 1.165) is 35.6 Å². The van der Waals surface area contributed by atoms with Gasteiger partial charge in [-0.3, -0.25) is 14.8 Å². The predicted molar refractivity (Wildman–Crippen MR) is 119 cm³/mol. The van der Waals surface area contributed by atoms with Crippen LogP contribution < -0.4 is 5.32 Å². The fourth-order valence-corrected chi connectivity index (χ4v) is 4.26. The number of aromatic nitrogens is 5. The monoisotopic (exact) mass is 437 g/mol. The van der Waals surface area contributed by atoms with Gasteiger partial charge in [-0.1, -0.05) is 5.21 Å². The summed E-state index contributed by atoms with van der Waals surface area (Å²) in [5.74, 6) is 0.551. The van der Waals surface area contributed by atoms with Gasteiger partial charge in [0, 0.05) is 55.2 Å². The van der Waals surface area contributed by atoms with Crippen LogP contribution >= 0.6 is 0 Å². The lowest BCUT2D eigenvalue weighted by Crippen LogP contribution is -2.59. The van der Waals surface area contributed by atoms with Crippen molar-refractivity contribution in [3.05, 3.63) is 71.0 Å². The number of carbonyl (C=O) groups is 1. The van der Waals surface area contributed by atoms with Crippen molar-refractivity contribution in [1.29, 1.82) is 5.26 Å². The summed E-state index contributed by atoms with van der Waals surface area (Å²) in [5, 5.41) is 22.7. The summed E-state index contributed by atoms with van der Waals surface area (Å²) in [6.45, 7) is 2.89. The van der Waals surface area contributed by atoms with E-state index in [1.165, 1.54) is 0 Å². The summed E-state index contributed by atoms with van der Waals surface area (Å²) >= 11 is 0. The second-order valence-electron chi connectivity index (χ2n) is 8.29. The Balaban J connectivity index is 1.08. The number of amides is 1. The van der Waals surface area contributed by atoms with Gasteiger partial charge in [0.1, 0.15) is 5.52 Å². The van der Waals surface area contributed by atoms with E-state index >= 15 is 0 Å². The number of hydrogen-bond donors (Lipinski definition) is 2. The molecule has 4 heterocycles. The van der Waals surface area contributed by atoms with Gasteiger partial charge in [0.25, 0.3) is 5.91 Å². The van der Waals surface area contributed by atoms with Crippen LogP contribution in [0.5, 0.6) is 0 Å². The summed E-state index contributed by atoms with van der Waals surface area (Å²) in [5.41, 5.74) is 5.69. The average molecular weight is 437 g/mol. The molecule has 4 aromatic rings. The molecule has 0 spiro atoms. The molecule has 2 N–H and O–H groups in total. The Labute approximate surface area is 188 Å². The molecule has 0 atom stereocenters. The van der Waals surface area contributed by atoms with Crippen LogP contribution in [0.1, 0.15) is 27.2 Å². The maximum atomic E-state index is 12.8. The summed E-state index contributed by atoms with van der Waals surface area (Å²) in [7, 11) is 0. The van der Waals surface area contributed by atoms with Gasteiger partial charge >= 0.3 is 0 Å². The van der Waals surface area contributed by atoms with E-state index in [4.69, 9.17) is 5.26 Å². The fourth-order valence-electron chi connectivity index (χ4n) is 4.26. The largest absolute Gasteiger partial charge is 0.335 e. The maximum absolute atomic E-state index is 12.8. The Morgan fingerprint density at radius 2 is 2.00 bits per heavy atom. The van der Waals surface area contributed by atoms with Crippen LogP contribution in [-0.2, 0) is 13.1 Å². The minimum atomic E-state index is 0.0153. The summed E-state index contributed by atoms with van der Waals surface area (Å²) in [6, 6.07) is 15.0. The standard InChI is InChI=1S/C23H19N9O/c24-8-14-1-4-17(5-2-14)26-23-25-9-16-10-31(13-21(16)27-23)18-11-32(12-18)22(33)15-3-6-19-20(7-15)29-30-28-19/h1-7,9,18H,10-13H2,(H,25,26,27)(H,28,29,30). The number of anilines is 2. The molecule has 0 radical (unpaired) electrons. The van der Waals surface area contributed by atoms with Crippen molar-refractivity contribution in [3.63, 3.8) is 0 Å². The number of aromatic amines is 1. The highest BCUT2D eigenvalue weighted by Gasteiger charge is 2.38. The Kier molecular flexibility index (Phi) is 4.48. The molecule has 2 aromatic carbocycles. The summed E-state index contributed by atoms with van der Waals surface area (Å²) < 4.78 is 0. The molecular formula is C23H19N9O. The smallest absolute Gasteiger partial charge is 0.254 e. The van der Waals surface area contributed by atoms with Crippen molar-refractivity contribution in [2.24, 2.45) is 0 Å². The van der Waals surface area contributed by atoms with Crippen LogP contribution in [0.3, 0.4) is 0 Å². The number of nitrogens with zero attached hydrogens (tertiary/aromatic N) is 7. The van der Waals surface area contributed by atoms with Crippen molar-refractivity contribution in [3.8, 4) is 6.07 Å². The maximum Gasteiger partial charge on any atom is 0.254 e. The molecule has 162 valence electrons. The lowest BCUT2D eigenvalue weighted by Gasteiger charge is -2.44. The van der Waals surface area contributed by atoms with Gasteiger partial charge in [0.15, 0.2) is 0 Å². The number of hydrogen-bond acceptors (Lipinski definition) is 8. The average Bonchev–Trinajstić information content (AvgIpc) is 3.44.